The topological polar surface area (TPSA) is 138 Å². The highest BCUT2D eigenvalue weighted by Gasteiger charge is 2.36. The van der Waals surface area contributed by atoms with Crippen LogP contribution in [0.25, 0.3) is 0 Å². The van der Waals surface area contributed by atoms with Crippen molar-refractivity contribution in [2.24, 2.45) is 0 Å². The summed E-state index contributed by atoms with van der Waals surface area (Å²) < 4.78 is 20.9. The summed E-state index contributed by atoms with van der Waals surface area (Å²) in [6.45, 7) is 8.41. The minimum Gasteiger partial charge on any atom is -0.400 e. The lowest BCUT2D eigenvalue weighted by molar-refractivity contribution is -0.289. The number of hydrogen-bond acceptors (Lipinski definition) is 9. The average molecular weight is 388 g/mol. The molecule has 9 heteroatoms. The molecule has 0 aromatic carbocycles. The zero-order valence-corrected chi connectivity index (χ0v) is 17.2. The monoisotopic (exact) mass is 388 g/mol. The Bertz CT molecular complexity index is 269. The van der Waals surface area contributed by atoms with E-state index in [9.17, 15) is 15.3 Å². The molecule has 2 heterocycles. The first-order valence-electron chi connectivity index (χ1n) is 8.95. The van der Waals surface area contributed by atoms with Gasteiger partial charge in [0.05, 0.1) is 25.4 Å². The second-order valence-corrected chi connectivity index (χ2v) is 4.66. The molecule has 0 amide bonds. The minimum atomic E-state index is -0.869. The summed E-state index contributed by atoms with van der Waals surface area (Å²) in [7, 11) is 3.46. The van der Waals surface area contributed by atoms with Crippen LogP contribution in [-0.2, 0) is 18.9 Å². The van der Waals surface area contributed by atoms with Crippen LogP contribution in [0.15, 0.2) is 0 Å². The van der Waals surface area contributed by atoms with E-state index in [4.69, 9.17) is 29.2 Å². The Morgan fingerprint density at radius 2 is 1.19 bits per heavy atom. The summed E-state index contributed by atoms with van der Waals surface area (Å²) in [4.78, 5) is 0. The fourth-order valence-corrected chi connectivity index (χ4v) is 2.18. The largest absolute Gasteiger partial charge is 0.400 e. The predicted molar refractivity (Wildman–Crippen MR) is 97.6 cm³/mol. The summed E-state index contributed by atoms with van der Waals surface area (Å²) in [6.07, 6.45) is -3.50. The molecule has 6 atom stereocenters. The van der Waals surface area contributed by atoms with Crippen LogP contribution in [0.2, 0.25) is 0 Å². The standard InChI is InChI=1S/C11H20O7.2C2H6.2CH4O/c1-15-10-9(14)3-7(5-17-10)18-11-8(13)2-6(12)4-16-11;4*1-2/h6-14H,2-5H2,1H3;2*1-2H3;2*2H,1H3/t6-,7-,8+,9+,10-,11+;;;;/m0..../s1. The van der Waals surface area contributed by atoms with Crippen LogP contribution >= 0.6 is 0 Å². The fourth-order valence-electron chi connectivity index (χ4n) is 2.18. The third-order valence-corrected chi connectivity index (χ3v) is 3.10. The maximum atomic E-state index is 9.70. The first-order chi connectivity index (χ1) is 12.6. The first-order valence-corrected chi connectivity index (χ1v) is 8.95. The van der Waals surface area contributed by atoms with Gasteiger partial charge < -0.3 is 44.5 Å². The molecule has 2 aliphatic rings. The molecule has 0 saturated carbocycles. The van der Waals surface area contributed by atoms with Crippen LogP contribution in [0, 0.1) is 0 Å². The lowest BCUT2D eigenvalue weighted by atomic mass is 10.1. The van der Waals surface area contributed by atoms with E-state index in [1.165, 1.54) is 7.11 Å². The molecule has 0 radical (unpaired) electrons. The van der Waals surface area contributed by atoms with Gasteiger partial charge in [-0.2, -0.15) is 0 Å². The molecule has 0 spiro atoms. The van der Waals surface area contributed by atoms with Crippen molar-refractivity contribution >= 4 is 0 Å². The molecule has 2 rings (SSSR count). The van der Waals surface area contributed by atoms with E-state index in [1.807, 2.05) is 27.7 Å². The van der Waals surface area contributed by atoms with Crippen molar-refractivity contribution in [1.29, 1.82) is 0 Å². The van der Waals surface area contributed by atoms with Crippen molar-refractivity contribution in [2.45, 2.75) is 77.5 Å². The molecule has 5 N–H and O–H groups in total. The van der Waals surface area contributed by atoms with Gasteiger partial charge in [-0.25, -0.2) is 0 Å². The molecule has 0 unspecified atom stereocenters. The van der Waals surface area contributed by atoms with E-state index in [2.05, 4.69) is 0 Å². The number of ether oxygens (including phenoxy) is 4. The van der Waals surface area contributed by atoms with Crippen molar-refractivity contribution in [3.63, 3.8) is 0 Å². The molecule has 0 aliphatic carbocycles. The van der Waals surface area contributed by atoms with Crippen LogP contribution in [0.1, 0.15) is 40.5 Å². The highest BCUT2D eigenvalue weighted by molar-refractivity contribution is 4.78. The third-order valence-electron chi connectivity index (χ3n) is 3.10. The molecule has 0 aromatic rings. The number of rotatable bonds is 3. The molecule has 2 aliphatic heterocycles. The van der Waals surface area contributed by atoms with Gasteiger partial charge >= 0.3 is 0 Å². The van der Waals surface area contributed by atoms with Crippen LogP contribution in [0.4, 0.5) is 0 Å². The lowest BCUT2D eigenvalue weighted by Gasteiger charge is -2.37. The molecule has 9 nitrogen and oxygen atoms in total. The predicted octanol–water partition coefficient (Wildman–Crippen LogP) is -0.137. The van der Waals surface area contributed by atoms with Crippen LogP contribution < -0.4 is 0 Å². The molecule has 2 fully saturated rings. The van der Waals surface area contributed by atoms with Crippen LogP contribution in [0.3, 0.4) is 0 Å². The first kappa shape index (κ1) is 30.4. The van der Waals surface area contributed by atoms with E-state index in [0.29, 0.717) is 6.42 Å². The van der Waals surface area contributed by atoms with Gasteiger partial charge in [0, 0.05) is 34.2 Å². The van der Waals surface area contributed by atoms with Crippen LogP contribution in [0.5, 0.6) is 0 Å². The third kappa shape index (κ3) is 12.1. The quantitative estimate of drug-likeness (QED) is 0.447. The van der Waals surface area contributed by atoms with E-state index in [-0.39, 0.29) is 25.7 Å². The fraction of sp³-hybridized carbons (Fsp3) is 1.00. The van der Waals surface area contributed by atoms with Crippen molar-refractivity contribution in [3.8, 4) is 0 Å². The van der Waals surface area contributed by atoms with Crippen molar-refractivity contribution in [3.05, 3.63) is 0 Å². The van der Waals surface area contributed by atoms with E-state index < -0.39 is 30.9 Å². The molecular formula is C17H40O9. The Kier molecular flexibility index (Phi) is 24.5. The van der Waals surface area contributed by atoms with E-state index in [0.717, 1.165) is 14.2 Å². The molecule has 2 saturated heterocycles. The summed E-state index contributed by atoms with van der Waals surface area (Å²) in [5, 5.41) is 42.7. The van der Waals surface area contributed by atoms with Crippen molar-refractivity contribution in [2.75, 3.05) is 34.5 Å². The van der Waals surface area contributed by atoms with E-state index >= 15 is 0 Å². The second kappa shape index (κ2) is 20.9. The van der Waals surface area contributed by atoms with Crippen LogP contribution in [-0.4, -0.2) is 97.1 Å². The number of methoxy groups -OCH3 is 1. The van der Waals surface area contributed by atoms with Gasteiger partial charge in [0.1, 0.15) is 12.2 Å². The van der Waals surface area contributed by atoms with Gasteiger partial charge in [0.2, 0.25) is 0 Å². The number of aliphatic hydroxyl groups excluding tert-OH is 5. The van der Waals surface area contributed by atoms with Gasteiger partial charge in [-0.15, -0.1) is 0 Å². The Balaban J connectivity index is -0.000000585. The zero-order valence-electron chi connectivity index (χ0n) is 17.2. The maximum Gasteiger partial charge on any atom is 0.184 e. The molecular weight excluding hydrogens is 348 g/mol. The van der Waals surface area contributed by atoms with Crippen molar-refractivity contribution in [1.82, 2.24) is 0 Å². The molecule has 26 heavy (non-hydrogen) atoms. The van der Waals surface area contributed by atoms with Crippen molar-refractivity contribution < 1.29 is 44.5 Å². The summed E-state index contributed by atoms with van der Waals surface area (Å²) >= 11 is 0. The normalized spacial score (nSPS) is 32.8. The van der Waals surface area contributed by atoms with Gasteiger partial charge in [0.15, 0.2) is 12.6 Å². The summed E-state index contributed by atoms with van der Waals surface area (Å²) in [5.74, 6) is 0. The SMILES string of the molecule is CC.CC.CO.CO.CO[C@H]1OC[C@@H](O[C@H]2OC[C@@H](O)C[C@H]2O)C[C@H]1O. The van der Waals surface area contributed by atoms with Gasteiger partial charge in [-0.3, -0.25) is 0 Å². The van der Waals surface area contributed by atoms with Gasteiger partial charge in [-0.05, 0) is 0 Å². The molecule has 0 aromatic heterocycles. The highest BCUT2D eigenvalue weighted by Crippen LogP contribution is 2.22. The summed E-state index contributed by atoms with van der Waals surface area (Å²) in [5.41, 5.74) is 0. The Morgan fingerprint density at radius 1 is 0.731 bits per heavy atom. The second-order valence-electron chi connectivity index (χ2n) is 4.66. The minimum absolute atomic E-state index is 0.137. The molecule has 162 valence electrons. The Hall–Kier alpha value is -0.360. The molecule has 0 bridgehead atoms. The van der Waals surface area contributed by atoms with E-state index in [1.54, 1.807) is 0 Å². The Morgan fingerprint density at radius 3 is 1.62 bits per heavy atom. The highest BCUT2D eigenvalue weighted by atomic mass is 16.7. The van der Waals surface area contributed by atoms with Gasteiger partial charge in [-0.1, -0.05) is 27.7 Å². The Labute approximate surface area is 157 Å². The maximum absolute atomic E-state index is 9.70. The smallest absolute Gasteiger partial charge is 0.184 e. The van der Waals surface area contributed by atoms with Gasteiger partial charge in [0.25, 0.3) is 0 Å². The average Bonchev–Trinajstić information content (AvgIpc) is 2.70. The number of hydrogen-bond donors (Lipinski definition) is 5. The zero-order chi connectivity index (χ0) is 21.1. The summed E-state index contributed by atoms with van der Waals surface area (Å²) in [6, 6.07) is 0. The lowest BCUT2D eigenvalue weighted by Crippen LogP contribution is -2.48. The number of aliphatic hydroxyl groups is 5.